The maximum Gasteiger partial charge on any atom is -1.00 e. The van der Waals surface area contributed by atoms with Crippen LogP contribution in [-0.2, 0) is 25.9 Å². The molecule has 0 N–H and O–H groups in total. The summed E-state index contributed by atoms with van der Waals surface area (Å²) in [5.74, 6) is 0. The number of hydrogen-bond donors (Lipinski definition) is 0. The van der Waals surface area contributed by atoms with Crippen molar-refractivity contribution in [2.24, 2.45) is 5.41 Å². The number of rotatable bonds is 4. The van der Waals surface area contributed by atoms with E-state index in [1.54, 1.807) is 5.20 Å². The summed E-state index contributed by atoms with van der Waals surface area (Å²) >= 11 is 2.37. The van der Waals surface area contributed by atoms with Gasteiger partial charge in [0, 0.05) is 0 Å². The minimum atomic E-state index is -1.34. The number of halogens is 3. The second-order valence-electron chi connectivity index (χ2n) is 9.66. The molecule has 0 heterocycles. The molecule has 0 radical (unpaired) electrons. The molecule has 0 aromatic heterocycles. The molecule has 0 nitrogen and oxygen atoms in total. The fourth-order valence-corrected chi connectivity index (χ4v) is 8.68. The first kappa shape index (κ1) is 29.7. The van der Waals surface area contributed by atoms with E-state index in [2.05, 4.69) is 128 Å². The molecule has 1 aliphatic carbocycles. The first-order chi connectivity index (χ1) is 12.6. The van der Waals surface area contributed by atoms with Gasteiger partial charge in [-0.05, 0) is 0 Å². The Morgan fingerprint density at radius 2 is 1.13 bits per heavy atom. The van der Waals surface area contributed by atoms with Crippen LogP contribution < -0.4 is 37.2 Å². The van der Waals surface area contributed by atoms with Crippen molar-refractivity contribution in [1.82, 2.24) is 0 Å². The Hall–Kier alpha value is -0.279. The van der Waals surface area contributed by atoms with Crippen LogP contribution in [0.3, 0.4) is 0 Å². The molecule has 3 rings (SSSR count). The van der Waals surface area contributed by atoms with E-state index in [0.717, 1.165) is 6.42 Å². The van der Waals surface area contributed by atoms with E-state index in [0.29, 0.717) is 0 Å². The predicted molar refractivity (Wildman–Crippen MR) is 116 cm³/mol. The quantitative estimate of drug-likeness (QED) is 0.417. The van der Waals surface area contributed by atoms with Crippen molar-refractivity contribution in [3.8, 4) is 0 Å². The van der Waals surface area contributed by atoms with Crippen molar-refractivity contribution in [3.63, 3.8) is 0 Å². The fraction of sp³-hybridized carbons (Fsp3) is 0.360. The van der Waals surface area contributed by atoms with Crippen LogP contribution in [0.2, 0.25) is 19.6 Å². The fourth-order valence-electron chi connectivity index (χ4n) is 4.72. The standard InChI is InChI=1S/C25H31Si.3ClH.Ti/c1-24(2,3)25(20-13-9-7-10-14-20,21-15-11-8-12-16-21)22-17-18-23(19-22)26(4,5)6;;;;/h7-17H,18H2,1-6H3;3*1H;/q;;;;+3/p-3. The summed E-state index contributed by atoms with van der Waals surface area (Å²) < 4.78 is 1.54. The largest absolute Gasteiger partial charge is 1.00 e. The monoisotopic (exact) mass is 512 g/mol. The van der Waals surface area contributed by atoms with Crippen LogP contribution in [0.25, 0.3) is 0 Å². The average molecular weight is 514 g/mol. The maximum atomic E-state index is 2.54. The second kappa shape index (κ2) is 11.0. The molecule has 5 heteroatoms. The van der Waals surface area contributed by atoms with Crippen LogP contribution in [-0.4, -0.2) is 8.07 Å². The third kappa shape index (κ3) is 5.20. The van der Waals surface area contributed by atoms with Gasteiger partial charge in [-0.2, -0.15) is 0 Å². The van der Waals surface area contributed by atoms with Gasteiger partial charge >= 0.3 is 179 Å². The van der Waals surface area contributed by atoms with Gasteiger partial charge in [0.2, 0.25) is 0 Å². The van der Waals surface area contributed by atoms with Crippen LogP contribution in [0, 0.1) is 5.41 Å². The molecular weight excluding hydrogens is 483 g/mol. The van der Waals surface area contributed by atoms with Crippen molar-refractivity contribution < 1.29 is 57.7 Å². The molecule has 0 aliphatic heterocycles. The van der Waals surface area contributed by atoms with Gasteiger partial charge in [-0.15, -0.1) is 0 Å². The number of hydrogen-bond acceptors (Lipinski definition) is 0. The van der Waals surface area contributed by atoms with Gasteiger partial charge < -0.3 is 37.2 Å². The maximum absolute atomic E-state index is 2.54. The molecule has 0 atom stereocenters. The Morgan fingerprint density at radius 3 is 1.43 bits per heavy atom. The van der Waals surface area contributed by atoms with Crippen molar-refractivity contribution in [3.05, 3.63) is 92.5 Å². The summed E-state index contributed by atoms with van der Waals surface area (Å²) in [4.78, 5) is 0. The average Bonchev–Trinajstić information content (AvgIpc) is 2.98. The van der Waals surface area contributed by atoms with Crippen LogP contribution in [0.4, 0.5) is 0 Å². The summed E-state index contributed by atoms with van der Waals surface area (Å²) in [6.45, 7) is 14.6. The summed E-state index contributed by atoms with van der Waals surface area (Å²) in [6.07, 6.45) is 3.66. The van der Waals surface area contributed by atoms with Crippen molar-refractivity contribution in [2.45, 2.75) is 52.2 Å². The van der Waals surface area contributed by atoms with Crippen LogP contribution in [0.1, 0.15) is 38.3 Å². The van der Waals surface area contributed by atoms with Gasteiger partial charge in [-0.25, -0.2) is 0 Å². The Balaban J connectivity index is 0.00000280. The Kier molecular flexibility index (Phi) is 10.9. The van der Waals surface area contributed by atoms with E-state index in [4.69, 9.17) is 0 Å². The van der Waals surface area contributed by atoms with E-state index in [-0.39, 0.29) is 48.1 Å². The van der Waals surface area contributed by atoms with Gasteiger partial charge in [-0.3, -0.25) is 0 Å². The number of allylic oxidation sites excluding steroid dienone is 4. The molecular formula is C25H31Cl3SiTi. The minimum absolute atomic E-state index is 0. The second-order valence-corrected chi connectivity index (χ2v) is 15.5. The molecule has 0 saturated heterocycles. The summed E-state index contributed by atoms with van der Waals surface area (Å²) in [7, 11) is -1.34. The van der Waals surface area contributed by atoms with Crippen LogP contribution in [0.5, 0.6) is 0 Å². The van der Waals surface area contributed by atoms with Crippen LogP contribution in [0.15, 0.2) is 81.4 Å². The minimum Gasteiger partial charge on any atom is -1.00 e. The van der Waals surface area contributed by atoms with Crippen molar-refractivity contribution in [2.75, 3.05) is 0 Å². The third-order valence-electron chi connectivity index (χ3n) is 5.93. The molecule has 2 aromatic rings. The van der Waals surface area contributed by atoms with Gasteiger partial charge in [-0.1, -0.05) is 0 Å². The molecule has 0 saturated carbocycles. The molecule has 0 unspecified atom stereocenters. The molecule has 0 amide bonds. The Bertz CT molecular complexity index is 837. The zero-order valence-electron chi connectivity index (χ0n) is 18.7. The molecule has 0 bridgehead atoms. The Morgan fingerprint density at radius 1 is 0.733 bits per heavy atom. The molecule has 2 aromatic carbocycles. The summed E-state index contributed by atoms with van der Waals surface area (Å²) in [5.41, 5.74) is 4.20. The first-order valence-electron chi connectivity index (χ1n) is 9.87. The van der Waals surface area contributed by atoms with Gasteiger partial charge in [0.15, 0.2) is 0 Å². The molecule has 0 spiro atoms. The normalized spacial score (nSPS) is 14.3. The third-order valence-corrected chi connectivity index (χ3v) is 9.48. The van der Waals surface area contributed by atoms with Gasteiger partial charge in [0.1, 0.15) is 0 Å². The summed E-state index contributed by atoms with van der Waals surface area (Å²) in [5, 5.41) is 1.71. The van der Waals surface area contributed by atoms with Crippen molar-refractivity contribution in [1.29, 1.82) is 0 Å². The smallest absolute Gasteiger partial charge is 1.00 e. The van der Waals surface area contributed by atoms with E-state index in [1.165, 1.54) is 20.6 Å². The van der Waals surface area contributed by atoms with Crippen LogP contribution >= 0.6 is 0 Å². The SMILES string of the molecule is CC(C)(C)C(C1=CCC([Si](C)(C)C)=[C]1[Ti+3])(c1ccccc1)c1ccccc1.[Cl-].[Cl-].[Cl-]. The molecule has 1 aliphatic rings. The molecule has 30 heavy (non-hydrogen) atoms. The number of benzene rings is 2. The zero-order valence-corrected chi connectivity index (χ0v) is 23.5. The topological polar surface area (TPSA) is 0 Å². The Labute approximate surface area is 214 Å². The summed E-state index contributed by atoms with van der Waals surface area (Å²) in [6, 6.07) is 22.3. The van der Waals surface area contributed by atoms with Gasteiger partial charge in [0.25, 0.3) is 0 Å². The van der Waals surface area contributed by atoms with E-state index < -0.39 is 8.07 Å². The van der Waals surface area contributed by atoms with E-state index in [9.17, 15) is 0 Å². The van der Waals surface area contributed by atoms with Gasteiger partial charge in [0.05, 0.1) is 0 Å². The molecule has 160 valence electrons. The van der Waals surface area contributed by atoms with E-state index in [1.807, 2.05) is 0 Å². The first-order valence-corrected chi connectivity index (χ1v) is 14.2. The zero-order chi connectivity index (χ0) is 19.9. The predicted octanol–water partition coefficient (Wildman–Crippen LogP) is -1.96. The van der Waals surface area contributed by atoms with Crippen molar-refractivity contribution >= 4 is 8.07 Å². The van der Waals surface area contributed by atoms with E-state index >= 15 is 0 Å². The molecule has 0 fully saturated rings.